The normalized spacial score (nSPS) is 10.4. The summed E-state index contributed by atoms with van der Waals surface area (Å²) >= 11 is 0. The lowest BCUT2D eigenvalue weighted by Crippen LogP contribution is -2.21. The maximum Gasteiger partial charge on any atom is 0.361 e. The van der Waals surface area contributed by atoms with Crippen LogP contribution in [0, 0.1) is 6.92 Å². The minimum atomic E-state index is -0.743. The molecule has 142 valence electrons. The van der Waals surface area contributed by atoms with Crippen molar-refractivity contribution in [1.82, 2.24) is 15.0 Å². The molecule has 3 aromatic rings. The van der Waals surface area contributed by atoms with Crippen LogP contribution in [0.25, 0.3) is 5.69 Å². The largest absolute Gasteiger partial charge is 0.451 e. The minimum absolute atomic E-state index is 0.0373. The fourth-order valence-corrected chi connectivity index (χ4v) is 2.46. The Morgan fingerprint density at radius 1 is 1.04 bits per heavy atom. The number of para-hydroxylation sites is 1. The Morgan fingerprint density at radius 3 is 2.50 bits per heavy atom. The van der Waals surface area contributed by atoms with Gasteiger partial charge in [0.2, 0.25) is 0 Å². The predicted molar refractivity (Wildman–Crippen MR) is 101 cm³/mol. The second-order valence-electron chi connectivity index (χ2n) is 6.02. The Bertz CT molecular complexity index is 1030. The topological polar surface area (TPSA) is 103 Å². The Balaban J connectivity index is 1.61. The number of benzene rings is 2. The summed E-state index contributed by atoms with van der Waals surface area (Å²) in [5.74, 6) is -1.38. The van der Waals surface area contributed by atoms with Crippen LogP contribution in [-0.4, -0.2) is 39.3 Å². The zero-order chi connectivity index (χ0) is 20.1. The summed E-state index contributed by atoms with van der Waals surface area (Å²) < 4.78 is 5.04. The van der Waals surface area contributed by atoms with Gasteiger partial charge >= 0.3 is 5.97 Å². The molecular weight excluding hydrogens is 360 g/mol. The van der Waals surface area contributed by atoms with Gasteiger partial charge in [0.05, 0.1) is 11.4 Å². The second-order valence-corrected chi connectivity index (χ2v) is 6.02. The van der Waals surface area contributed by atoms with E-state index in [1.165, 1.54) is 11.7 Å². The van der Waals surface area contributed by atoms with E-state index in [9.17, 15) is 14.4 Å². The number of hydrogen-bond donors (Lipinski definition) is 1. The third-order valence-corrected chi connectivity index (χ3v) is 3.85. The number of amides is 1. The molecule has 1 amide bonds. The predicted octanol–water partition coefficient (Wildman–Crippen LogP) is 2.57. The van der Waals surface area contributed by atoms with Crippen LogP contribution in [0.4, 0.5) is 5.69 Å². The molecule has 0 bridgehead atoms. The standard InChI is InChI=1S/C20H18N4O4/c1-13-19(23-24(22-13)17-9-4-3-5-10-17)20(27)28-12-18(26)21-16-8-6-7-15(11-16)14(2)25/h3-11H,12H2,1-2H3,(H,21,26). The van der Waals surface area contributed by atoms with Gasteiger partial charge in [-0.15, -0.1) is 5.10 Å². The number of Topliss-reactive ketones (excluding diaryl/α,β-unsaturated/α-hetero) is 1. The van der Waals surface area contributed by atoms with Gasteiger partial charge in [-0.3, -0.25) is 9.59 Å². The van der Waals surface area contributed by atoms with Gasteiger partial charge in [-0.1, -0.05) is 30.3 Å². The first-order chi connectivity index (χ1) is 13.4. The van der Waals surface area contributed by atoms with Gasteiger partial charge in [0.15, 0.2) is 18.1 Å². The van der Waals surface area contributed by atoms with E-state index < -0.39 is 18.5 Å². The molecule has 1 N–H and O–H groups in total. The third kappa shape index (κ3) is 4.47. The molecule has 0 saturated carbocycles. The van der Waals surface area contributed by atoms with Crippen molar-refractivity contribution in [1.29, 1.82) is 0 Å². The van der Waals surface area contributed by atoms with Crippen molar-refractivity contribution in [2.24, 2.45) is 0 Å². The molecule has 3 rings (SSSR count). The molecule has 0 spiro atoms. The van der Waals surface area contributed by atoms with Crippen molar-refractivity contribution in [3.05, 3.63) is 71.5 Å². The number of aromatic nitrogens is 3. The van der Waals surface area contributed by atoms with Crippen LogP contribution >= 0.6 is 0 Å². The molecule has 0 aliphatic rings. The monoisotopic (exact) mass is 378 g/mol. The smallest absolute Gasteiger partial charge is 0.361 e. The van der Waals surface area contributed by atoms with Crippen molar-refractivity contribution in [2.45, 2.75) is 13.8 Å². The van der Waals surface area contributed by atoms with E-state index in [1.807, 2.05) is 18.2 Å². The van der Waals surface area contributed by atoms with Crippen molar-refractivity contribution < 1.29 is 19.1 Å². The maximum atomic E-state index is 12.2. The second kappa shape index (κ2) is 8.26. The first-order valence-electron chi connectivity index (χ1n) is 8.51. The number of anilines is 1. The Kier molecular flexibility index (Phi) is 5.59. The summed E-state index contributed by atoms with van der Waals surface area (Å²) in [6, 6.07) is 15.6. The van der Waals surface area contributed by atoms with Crippen LogP contribution in [0.3, 0.4) is 0 Å². The van der Waals surface area contributed by atoms with E-state index >= 15 is 0 Å². The van der Waals surface area contributed by atoms with Crippen molar-refractivity contribution >= 4 is 23.3 Å². The lowest BCUT2D eigenvalue weighted by atomic mass is 10.1. The fourth-order valence-electron chi connectivity index (χ4n) is 2.46. The Labute approximate surface area is 161 Å². The number of nitrogens with one attached hydrogen (secondary N) is 1. The number of carbonyl (C=O) groups is 3. The van der Waals surface area contributed by atoms with E-state index in [4.69, 9.17) is 4.74 Å². The minimum Gasteiger partial charge on any atom is -0.451 e. The molecule has 8 nitrogen and oxygen atoms in total. The Morgan fingerprint density at radius 2 is 1.79 bits per heavy atom. The number of carbonyl (C=O) groups excluding carboxylic acids is 3. The summed E-state index contributed by atoms with van der Waals surface area (Å²) in [6.07, 6.45) is 0. The summed E-state index contributed by atoms with van der Waals surface area (Å²) in [6.45, 7) is 2.59. The average Bonchev–Trinajstić information content (AvgIpc) is 3.09. The molecule has 8 heteroatoms. The number of ketones is 1. The molecule has 0 aliphatic carbocycles. The number of rotatable bonds is 6. The summed E-state index contributed by atoms with van der Waals surface area (Å²) in [7, 11) is 0. The van der Waals surface area contributed by atoms with Crippen molar-refractivity contribution in [3.63, 3.8) is 0 Å². The molecule has 0 atom stereocenters. The molecule has 28 heavy (non-hydrogen) atoms. The van der Waals surface area contributed by atoms with Crippen molar-refractivity contribution in [2.75, 3.05) is 11.9 Å². The van der Waals surface area contributed by atoms with Gasteiger partial charge in [-0.2, -0.15) is 9.90 Å². The number of esters is 1. The number of nitrogens with zero attached hydrogens (tertiary/aromatic N) is 3. The highest BCUT2D eigenvalue weighted by Gasteiger charge is 2.19. The quantitative estimate of drug-likeness (QED) is 0.522. The van der Waals surface area contributed by atoms with Crippen LogP contribution in [0.1, 0.15) is 33.5 Å². The van der Waals surface area contributed by atoms with Crippen LogP contribution in [-0.2, 0) is 9.53 Å². The van der Waals surface area contributed by atoms with Gasteiger partial charge in [0.1, 0.15) is 0 Å². The SMILES string of the molecule is CC(=O)c1cccc(NC(=O)COC(=O)c2nn(-c3ccccc3)nc2C)c1. The first kappa shape index (κ1) is 19.0. The molecule has 0 fully saturated rings. The Hall–Kier alpha value is -3.81. The van der Waals surface area contributed by atoms with Crippen LogP contribution in [0.15, 0.2) is 54.6 Å². The van der Waals surface area contributed by atoms with E-state index in [-0.39, 0.29) is 11.5 Å². The van der Waals surface area contributed by atoms with Gasteiger partial charge in [0.25, 0.3) is 5.91 Å². The number of hydrogen-bond acceptors (Lipinski definition) is 6. The van der Waals surface area contributed by atoms with Gasteiger partial charge in [0, 0.05) is 11.3 Å². The molecule has 0 aliphatic heterocycles. The van der Waals surface area contributed by atoms with Gasteiger partial charge in [-0.05, 0) is 38.1 Å². The summed E-state index contributed by atoms with van der Waals surface area (Å²) in [5.41, 5.74) is 2.05. The maximum absolute atomic E-state index is 12.2. The molecule has 1 aromatic heterocycles. The highest BCUT2D eigenvalue weighted by molar-refractivity contribution is 5.98. The molecular formula is C20H18N4O4. The van der Waals surface area contributed by atoms with Crippen LogP contribution < -0.4 is 5.32 Å². The summed E-state index contributed by atoms with van der Waals surface area (Å²) in [4.78, 5) is 37.0. The molecule has 1 heterocycles. The molecule has 0 unspecified atom stereocenters. The van der Waals surface area contributed by atoms with E-state index in [0.717, 1.165) is 0 Å². The van der Waals surface area contributed by atoms with E-state index in [0.29, 0.717) is 22.6 Å². The summed E-state index contributed by atoms with van der Waals surface area (Å²) in [5, 5.41) is 10.9. The van der Waals surface area contributed by atoms with Gasteiger partial charge < -0.3 is 10.1 Å². The van der Waals surface area contributed by atoms with E-state index in [2.05, 4.69) is 15.5 Å². The number of ether oxygens (including phenoxy) is 1. The highest BCUT2D eigenvalue weighted by atomic mass is 16.5. The molecule has 2 aromatic carbocycles. The van der Waals surface area contributed by atoms with Crippen LogP contribution in [0.2, 0.25) is 0 Å². The lowest BCUT2D eigenvalue weighted by molar-refractivity contribution is -0.119. The average molecular weight is 378 g/mol. The zero-order valence-corrected chi connectivity index (χ0v) is 15.4. The first-order valence-corrected chi connectivity index (χ1v) is 8.51. The van der Waals surface area contributed by atoms with E-state index in [1.54, 1.807) is 43.3 Å². The van der Waals surface area contributed by atoms with Crippen LogP contribution in [0.5, 0.6) is 0 Å². The molecule has 0 saturated heterocycles. The molecule has 0 radical (unpaired) electrons. The van der Waals surface area contributed by atoms with Crippen molar-refractivity contribution in [3.8, 4) is 5.69 Å². The lowest BCUT2D eigenvalue weighted by Gasteiger charge is -2.07. The highest BCUT2D eigenvalue weighted by Crippen LogP contribution is 2.12. The fraction of sp³-hybridized carbons (Fsp3) is 0.150. The van der Waals surface area contributed by atoms with Gasteiger partial charge in [-0.25, -0.2) is 4.79 Å². The third-order valence-electron chi connectivity index (χ3n) is 3.85. The number of aryl methyl sites for hydroxylation is 1. The zero-order valence-electron chi connectivity index (χ0n) is 15.4.